The highest BCUT2D eigenvalue weighted by Crippen LogP contribution is 2.24. The van der Waals surface area contributed by atoms with Gasteiger partial charge in [0.25, 0.3) is 17.7 Å². The molecule has 1 aliphatic rings. The number of aryl methyl sites for hydroxylation is 1. The van der Waals surface area contributed by atoms with Crippen molar-refractivity contribution in [3.05, 3.63) is 51.8 Å². The number of fused-ring (bicyclic) bond motifs is 1. The van der Waals surface area contributed by atoms with Crippen LogP contribution in [-0.2, 0) is 11.8 Å². The monoisotopic (exact) mass is 315 g/mol. The molecule has 1 atom stereocenters. The molecule has 2 heterocycles. The minimum atomic E-state index is -0.936. The molecule has 2 aromatic rings. The van der Waals surface area contributed by atoms with Crippen molar-refractivity contribution in [2.24, 2.45) is 12.0 Å². The van der Waals surface area contributed by atoms with Gasteiger partial charge in [-0.1, -0.05) is 12.1 Å². The van der Waals surface area contributed by atoms with Crippen LogP contribution in [0.25, 0.3) is 0 Å². The highest BCUT2D eigenvalue weighted by molar-refractivity contribution is 7.07. The van der Waals surface area contributed by atoms with Crippen molar-refractivity contribution in [2.75, 3.05) is 0 Å². The summed E-state index contributed by atoms with van der Waals surface area (Å²) in [5.74, 6) is -1.42. The molecule has 0 radical (unpaired) electrons. The second-order valence-corrected chi connectivity index (χ2v) is 5.82. The van der Waals surface area contributed by atoms with E-state index in [0.717, 1.165) is 4.90 Å². The molecule has 6 nitrogen and oxygen atoms in total. The summed E-state index contributed by atoms with van der Waals surface area (Å²) in [6.45, 7) is 1.52. The summed E-state index contributed by atoms with van der Waals surface area (Å²) in [4.78, 5) is 42.4. The highest BCUT2D eigenvalue weighted by atomic mass is 32.1. The van der Waals surface area contributed by atoms with Crippen LogP contribution < -0.4 is 4.80 Å². The third kappa shape index (κ3) is 2.19. The molecule has 3 amide bonds. The van der Waals surface area contributed by atoms with Crippen molar-refractivity contribution >= 4 is 29.1 Å². The van der Waals surface area contributed by atoms with Crippen LogP contribution in [0.2, 0.25) is 0 Å². The highest BCUT2D eigenvalue weighted by Gasteiger charge is 2.40. The lowest BCUT2D eigenvalue weighted by atomic mass is 10.1. The third-order valence-electron chi connectivity index (χ3n) is 3.54. The molecule has 1 aromatic heterocycles. The number of carbonyl (C=O) groups excluding carboxylic acids is 3. The van der Waals surface area contributed by atoms with Crippen LogP contribution in [-0.4, -0.2) is 33.2 Å². The van der Waals surface area contributed by atoms with Gasteiger partial charge in [-0.3, -0.25) is 19.3 Å². The van der Waals surface area contributed by atoms with Crippen LogP contribution >= 0.6 is 11.3 Å². The molecule has 0 saturated heterocycles. The van der Waals surface area contributed by atoms with Crippen LogP contribution in [0.5, 0.6) is 0 Å². The Balaban J connectivity index is 1.93. The predicted molar refractivity (Wildman–Crippen MR) is 80.3 cm³/mol. The van der Waals surface area contributed by atoms with Gasteiger partial charge in [-0.05, 0) is 19.1 Å². The van der Waals surface area contributed by atoms with E-state index in [1.54, 1.807) is 47.5 Å². The van der Waals surface area contributed by atoms with Gasteiger partial charge in [0.1, 0.15) is 6.04 Å². The average Bonchev–Trinajstić information content (AvgIpc) is 3.02. The van der Waals surface area contributed by atoms with Crippen molar-refractivity contribution in [2.45, 2.75) is 13.0 Å². The maximum atomic E-state index is 12.3. The van der Waals surface area contributed by atoms with Gasteiger partial charge in [-0.25, -0.2) is 0 Å². The van der Waals surface area contributed by atoms with Gasteiger partial charge in [0.05, 0.1) is 11.1 Å². The van der Waals surface area contributed by atoms with Crippen LogP contribution in [0.15, 0.2) is 40.8 Å². The molecular weight excluding hydrogens is 302 g/mol. The molecule has 1 aromatic carbocycles. The van der Waals surface area contributed by atoms with E-state index in [1.807, 2.05) is 0 Å². The normalized spacial score (nSPS) is 16.1. The van der Waals surface area contributed by atoms with Gasteiger partial charge in [0, 0.05) is 18.6 Å². The standard InChI is InChI=1S/C15H13N3O3S/c1-9(12(19)16-15-17(2)7-8-22-15)18-13(20)10-5-3-4-6-11(10)14(18)21/h3-9H,1-2H3. The minimum absolute atomic E-state index is 0.328. The Morgan fingerprint density at radius 3 is 2.27 bits per heavy atom. The Labute approximate surface area is 130 Å². The Bertz CT molecular complexity index is 814. The van der Waals surface area contributed by atoms with Crippen molar-refractivity contribution < 1.29 is 14.4 Å². The zero-order valence-electron chi connectivity index (χ0n) is 12.0. The van der Waals surface area contributed by atoms with E-state index >= 15 is 0 Å². The van der Waals surface area contributed by atoms with Crippen molar-refractivity contribution in [3.8, 4) is 0 Å². The number of carbonyl (C=O) groups is 3. The quantitative estimate of drug-likeness (QED) is 0.782. The van der Waals surface area contributed by atoms with Crippen molar-refractivity contribution in [1.82, 2.24) is 9.47 Å². The largest absolute Gasteiger partial charge is 0.327 e. The molecule has 0 saturated carbocycles. The number of benzene rings is 1. The maximum absolute atomic E-state index is 12.3. The van der Waals surface area contributed by atoms with E-state index in [0.29, 0.717) is 15.9 Å². The van der Waals surface area contributed by atoms with E-state index in [-0.39, 0.29) is 0 Å². The molecule has 112 valence electrons. The summed E-state index contributed by atoms with van der Waals surface area (Å²) in [5, 5.41) is 1.80. The first-order valence-corrected chi connectivity index (χ1v) is 7.54. The van der Waals surface area contributed by atoms with Gasteiger partial charge in [0.15, 0.2) is 4.80 Å². The van der Waals surface area contributed by atoms with Gasteiger partial charge in [0.2, 0.25) is 0 Å². The summed E-state index contributed by atoms with van der Waals surface area (Å²) in [5.41, 5.74) is 0.655. The number of aromatic nitrogens is 1. The first-order valence-electron chi connectivity index (χ1n) is 6.66. The Morgan fingerprint density at radius 1 is 1.18 bits per heavy atom. The minimum Gasteiger partial charge on any atom is -0.327 e. The summed E-state index contributed by atoms with van der Waals surface area (Å²) in [7, 11) is 1.77. The lowest BCUT2D eigenvalue weighted by molar-refractivity contribution is -0.121. The molecule has 0 N–H and O–H groups in total. The second kappa shape index (κ2) is 5.34. The second-order valence-electron chi connectivity index (χ2n) is 4.95. The molecule has 1 aliphatic heterocycles. The number of amides is 3. The first kappa shape index (κ1) is 14.4. The van der Waals surface area contributed by atoms with E-state index in [2.05, 4.69) is 4.99 Å². The van der Waals surface area contributed by atoms with E-state index < -0.39 is 23.8 Å². The van der Waals surface area contributed by atoms with Crippen LogP contribution in [0.1, 0.15) is 27.6 Å². The fourth-order valence-electron chi connectivity index (χ4n) is 2.29. The number of nitrogens with zero attached hydrogens (tertiary/aromatic N) is 3. The topological polar surface area (TPSA) is 71.7 Å². The number of hydrogen-bond donors (Lipinski definition) is 0. The first-order chi connectivity index (χ1) is 10.5. The SMILES string of the molecule is CC(C(=O)N=c1sccn1C)N1C(=O)c2ccccc2C1=O. The smallest absolute Gasteiger partial charge is 0.271 e. The van der Waals surface area contributed by atoms with Crippen LogP contribution in [0.3, 0.4) is 0 Å². The number of thiazole rings is 1. The van der Waals surface area contributed by atoms with Gasteiger partial charge >= 0.3 is 0 Å². The average molecular weight is 315 g/mol. The van der Waals surface area contributed by atoms with Crippen molar-refractivity contribution in [3.63, 3.8) is 0 Å². The fourth-order valence-corrected chi connectivity index (χ4v) is 3.03. The molecule has 1 unspecified atom stereocenters. The molecule has 0 fully saturated rings. The molecule has 3 rings (SSSR count). The molecule has 0 aliphatic carbocycles. The third-order valence-corrected chi connectivity index (χ3v) is 4.38. The van der Waals surface area contributed by atoms with Gasteiger partial charge in [-0.15, -0.1) is 11.3 Å². The zero-order chi connectivity index (χ0) is 15.9. The number of rotatable bonds is 2. The Hall–Kier alpha value is -2.54. The van der Waals surface area contributed by atoms with Crippen LogP contribution in [0.4, 0.5) is 0 Å². The van der Waals surface area contributed by atoms with Crippen molar-refractivity contribution in [1.29, 1.82) is 0 Å². The van der Waals surface area contributed by atoms with E-state index in [1.165, 1.54) is 18.3 Å². The molecule has 22 heavy (non-hydrogen) atoms. The predicted octanol–water partition coefficient (Wildman–Crippen LogP) is 1.20. The van der Waals surface area contributed by atoms with E-state index in [9.17, 15) is 14.4 Å². The Kier molecular flexibility index (Phi) is 3.50. The lowest BCUT2D eigenvalue weighted by Gasteiger charge is -2.19. The fraction of sp³-hybridized carbons (Fsp3) is 0.200. The summed E-state index contributed by atoms with van der Waals surface area (Å²) >= 11 is 1.31. The number of hydrogen-bond acceptors (Lipinski definition) is 4. The molecule has 7 heteroatoms. The van der Waals surface area contributed by atoms with Crippen LogP contribution in [0, 0.1) is 0 Å². The summed E-state index contributed by atoms with van der Waals surface area (Å²) in [6.07, 6.45) is 1.78. The maximum Gasteiger partial charge on any atom is 0.271 e. The van der Waals surface area contributed by atoms with Gasteiger partial charge < -0.3 is 4.57 Å². The van der Waals surface area contributed by atoms with E-state index in [4.69, 9.17) is 0 Å². The van der Waals surface area contributed by atoms with Gasteiger partial charge in [-0.2, -0.15) is 4.99 Å². The Morgan fingerprint density at radius 2 is 1.77 bits per heavy atom. The molecular formula is C15H13N3O3S. The zero-order valence-corrected chi connectivity index (χ0v) is 12.8. The summed E-state index contributed by atoms with van der Waals surface area (Å²) in [6, 6.07) is 5.62. The number of imide groups is 1. The lowest BCUT2D eigenvalue weighted by Crippen LogP contribution is -2.42. The molecule has 0 bridgehead atoms. The molecule has 0 spiro atoms. The summed E-state index contributed by atoms with van der Waals surface area (Å²) < 4.78 is 1.71.